The molecule has 0 aliphatic heterocycles. The van der Waals surface area contributed by atoms with Crippen LogP contribution in [0, 0.1) is 0 Å². The fourth-order valence-electron chi connectivity index (χ4n) is 2.47. The summed E-state index contributed by atoms with van der Waals surface area (Å²) in [6, 6.07) is 18.2. The van der Waals surface area contributed by atoms with Crippen LogP contribution in [0.5, 0.6) is 0 Å². The Balaban J connectivity index is 1.77. The minimum absolute atomic E-state index is 0.126. The van der Waals surface area contributed by atoms with Crippen molar-refractivity contribution in [3.8, 4) is 0 Å². The zero-order valence-electron chi connectivity index (χ0n) is 12.7. The highest BCUT2D eigenvalue weighted by Crippen LogP contribution is 2.24. The number of furan rings is 1. The Morgan fingerprint density at radius 2 is 1.79 bits per heavy atom. The van der Waals surface area contributed by atoms with Gasteiger partial charge in [0.05, 0.1) is 22.7 Å². The van der Waals surface area contributed by atoms with Crippen LogP contribution in [0.3, 0.4) is 0 Å². The van der Waals surface area contributed by atoms with Gasteiger partial charge in [-0.05, 0) is 35.4 Å². The minimum atomic E-state index is -0.337. The number of amides is 1. The fourth-order valence-corrected chi connectivity index (χ4v) is 2.79. The number of carbonyl (C=O) groups is 1. The van der Waals surface area contributed by atoms with Gasteiger partial charge in [-0.25, -0.2) is 0 Å². The zero-order chi connectivity index (χ0) is 16.9. The summed E-state index contributed by atoms with van der Waals surface area (Å²) < 4.78 is 5.48. The van der Waals surface area contributed by atoms with E-state index in [9.17, 15) is 4.79 Å². The first kappa shape index (κ1) is 16.6. The third-order valence-corrected chi connectivity index (χ3v) is 4.35. The summed E-state index contributed by atoms with van der Waals surface area (Å²) in [7, 11) is 0. The van der Waals surface area contributed by atoms with Gasteiger partial charge in [0.1, 0.15) is 11.8 Å². The highest BCUT2D eigenvalue weighted by Gasteiger charge is 2.19. The Labute approximate surface area is 150 Å². The fraction of sp³-hybridized carbons (Fsp3) is 0.105. The van der Waals surface area contributed by atoms with Crippen molar-refractivity contribution in [2.24, 2.45) is 0 Å². The number of carbonyl (C=O) groups excluding carboxylic acids is 1. The summed E-state index contributed by atoms with van der Waals surface area (Å²) in [6.07, 6.45) is 1.80. The Bertz CT molecular complexity index is 817. The van der Waals surface area contributed by atoms with Crippen LogP contribution in [0.15, 0.2) is 71.3 Å². The van der Waals surface area contributed by atoms with Crippen molar-refractivity contribution in [3.63, 3.8) is 0 Å². The van der Waals surface area contributed by atoms with E-state index in [-0.39, 0.29) is 18.4 Å². The van der Waals surface area contributed by atoms with Crippen molar-refractivity contribution in [3.05, 3.63) is 93.9 Å². The highest BCUT2D eigenvalue weighted by molar-refractivity contribution is 6.42. The van der Waals surface area contributed by atoms with E-state index in [0.29, 0.717) is 15.8 Å². The molecule has 3 aromatic rings. The lowest BCUT2D eigenvalue weighted by molar-refractivity contribution is -0.121. The smallest absolute Gasteiger partial charge is 0.225 e. The van der Waals surface area contributed by atoms with Gasteiger partial charge < -0.3 is 9.73 Å². The predicted octanol–water partition coefficient (Wildman–Crippen LogP) is 5.03. The molecule has 5 heteroatoms. The van der Waals surface area contributed by atoms with Gasteiger partial charge in [0, 0.05) is 0 Å². The number of rotatable bonds is 5. The summed E-state index contributed by atoms with van der Waals surface area (Å²) in [5.41, 5.74) is 1.75. The molecular formula is C19H15Cl2NO2. The Morgan fingerprint density at radius 3 is 2.46 bits per heavy atom. The average molecular weight is 360 g/mol. The van der Waals surface area contributed by atoms with Crippen molar-refractivity contribution >= 4 is 29.1 Å². The molecule has 0 aliphatic rings. The van der Waals surface area contributed by atoms with E-state index >= 15 is 0 Å². The van der Waals surface area contributed by atoms with Gasteiger partial charge in [-0.15, -0.1) is 0 Å². The summed E-state index contributed by atoms with van der Waals surface area (Å²) >= 11 is 11.9. The number of hydrogen-bond donors (Lipinski definition) is 1. The number of hydrogen-bond acceptors (Lipinski definition) is 2. The van der Waals surface area contributed by atoms with Gasteiger partial charge in [0.25, 0.3) is 0 Å². The van der Waals surface area contributed by atoms with E-state index in [1.165, 1.54) is 0 Å². The van der Waals surface area contributed by atoms with Crippen molar-refractivity contribution in [1.82, 2.24) is 5.32 Å². The lowest BCUT2D eigenvalue weighted by Gasteiger charge is -2.17. The molecule has 0 fully saturated rings. The van der Waals surface area contributed by atoms with Crippen LogP contribution in [0.4, 0.5) is 0 Å². The molecule has 0 bridgehead atoms. The summed E-state index contributed by atoms with van der Waals surface area (Å²) in [5.74, 6) is 0.558. The molecule has 1 N–H and O–H groups in total. The van der Waals surface area contributed by atoms with E-state index in [0.717, 1.165) is 11.1 Å². The van der Waals surface area contributed by atoms with Crippen LogP contribution in [-0.4, -0.2) is 5.91 Å². The molecular weight excluding hydrogens is 345 g/mol. The SMILES string of the molecule is O=C(Cc1ccc(Cl)c(Cl)c1)N[C@@H](c1ccccc1)c1ccco1. The third kappa shape index (κ3) is 3.99. The molecule has 1 atom stereocenters. The average Bonchev–Trinajstić information content (AvgIpc) is 3.11. The molecule has 0 saturated carbocycles. The second-order valence-corrected chi connectivity index (χ2v) is 6.17. The van der Waals surface area contributed by atoms with E-state index in [4.69, 9.17) is 27.6 Å². The maximum absolute atomic E-state index is 12.5. The molecule has 0 radical (unpaired) electrons. The van der Waals surface area contributed by atoms with Crippen LogP contribution in [0.25, 0.3) is 0 Å². The van der Waals surface area contributed by atoms with E-state index in [1.807, 2.05) is 36.4 Å². The standard InChI is InChI=1S/C19H15Cl2NO2/c20-15-9-8-13(11-16(15)21)12-18(23)22-19(17-7-4-10-24-17)14-5-2-1-3-6-14/h1-11,19H,12H2,(H,22,23)/t19-/m0/s1. The largest absolute Gasteiger partial charge is 0.467 e. The molecule has 0 unspecified atom stereocenters. The lowest BCUT2D eigenvalue weighted by Crippen LogP contribution is -2.30. The van der Waals surface area contributed by atoms with Crippen LogP contribution in [0.1, 0.15) is 22.9 Å². The zero-order valence-corrected chi connectivity index (χ0v) is 14.2. The van der Waals surface area contributed by atoms with E-state index in [2.05, 4.69) is 5.32 Å². The molecule has 1 amide bonds. The van der Waals surface area contributed by atoms with Crippen LogP contribution in [-0.2, 0) is 11.2 Å². The maximum Gasteiger partial charge on any atom is 0.225 e. The number of halogens is 2. The van der Waals surface area contributed by atoms with Gasteiger partial charge in [0.2, 0.25) is 5.91 Å². The van der Waals surface area contributed by atoms with Crippen molar-refractivity contribution in [1.29, 1.82) is 0 Å². The summed E-state index contributed by atoms with van der Waals surface area (Å²) in [5, 5.41) is 3.92. The van der Waals surface area contributed by atoms with Gasteiger partial charge in [-0.3, -0.25) is 4.79 Å². The van der Waals surface area contributed by atoms with Gasteiger partial charge in [-0.2, -0.15) is 0 Å². The van der Waals surface area contributed by atoms with Crippen LogP contribution >= 0.6 is 23.2 Å². The lowest BCUT2D eigenvalue weighted by atomic mass is 10.0. The summed E-state index contributed by atoms with van der Waals surface area (Å²) in [4.78, 5) is 12.5. The monoisotopic (exact) mass is 359 g/mol. The van der Waals surface area contributed by atoms with Crippen LogP contribution < -0.4 is 5.32 Å². The molecule has 24 heavy (non-hydrogen) atoms. The predicted molar refractivity (Wildman–Crippen MR) is 95.3 cm³/mol. The summed E-state index contributed by atoms with van der Waals surface area (Å²) in [6.45, 7) is 0. The number of benzene rings is 2. The minimum Gasteiger partial charge on any atom is -0.467 e. The van der Waals surface area contributed by atoms with Crippen molar-refractivity contribution in [2.45, 2.75) is 12.5 Å². The van der Waals surface area contributed by atoms with Crippen LogP contribution in [0.2, 0.25) is 10.0 Å². The normalized spacial score (nSPS) is 11.9. The van der Waals surface area contributed by atoms with Gasteiger partial charge >= 0.3 is 0 Å². The van der Waals surface area contributed by atoms with Crippen molar-refractivity contribution < 1.29 is 9.21 Å². The second kappa shape index (κ2) is 7.56. The first-order valence-corrected chi connectivity index (χ1v) is 8.21. The molecule has 122 valence electrons. The first-order valence-electron chi connectivity index (χ1n) is 7.45. The molecule has 1 aromatic heterocycles. The topological polar surface area (TPSA) is 42.2 Å². The van der Waals surface area contributed by atoms with Crippen molar-refractivity contribution in [2.75, 3.05) is 0 Å². The Morgan fingerprint density at radius 1 is 1.00 bits per heavy atom. The molecule has 2 aromatic carbocycles. The first-order chi connectivity index (χ1) is 11.6. The van der Waals surface area contributed by atoms with E-state index < -0.39 is 0 Å². The molecule has 3 rings (SSSR count). The third-order valence-electron chi connectivity index (χ3n) is 3.61. The molecule has 3 nitrogen and oxygen atoms in total. The highest BCUT2D eigenvalue weighted by atomic mass is 35.5. The molecule has 1 heterocycles. The molecule has 0 spiro atoms. The quantitative estimate of drug-likeness (QED) is 0.693. The Kier molecular flexibility index (Phi) is 5.24. The number of nitrogens with one attached hydrogen (secondary N) is 1. The maximum atomic E-state index is 12.5. The molecule has 0 saturated heterocycles. The second-order valence-electron chi connectivity index (χ2n) is 5.35. The molecule has 0 aliphatic carbocycles. The van der Waals surface area contributed by atoms with Gasteiger partial charge in [0.15, 0.2) is 0 Å². The van der Waals surface area contributed by atoms with Gasteiger partial charge in [-0.1, -0.05) is 59.6 Å². The van der Waals surface area contributed by atoms with E-state index in [1.54, 1.807) is 30.5 Å². The Hall–Kier alpha value is -2.23.